The quantitative estimate of drug-likeness (QED) is 0.888. The van der Waals surface area contributed by atoms with E-state index in [9.17, 15) is 13.6 Å². The predicted molar refractivity (Wildman–Crippen MR) is 81.5 cm³/mol. The first-order valence-corrected chi connectivity index (χ1v) is 6.98. The van der Waals surface area contributed by atoms with Crippen LogP contribution in [0.15, 0.2) is 36.4 Å². The zero-order valence-electron chi connectivity index (χ0n) is 12.0. The molecule has 0 radical (unpaired) electrons. The standard InChI is InChI=1S/C16H14ClF2NO2/c1-9(2)22-14-7-6-10(8-11(14)17)20-16(21)15-12(18)4-3-5-13(15)19/h3-9H,1-2H3,(H,20,21). The van der Waals surface area contributed by atoms with Crippen molar-refractivity contribution >= 4 is 23.2 Å². The van der Waals surface area contributed by atoms with Crippen molar-refractivity contribution in [1.29, 1.82) is 0 Å². The van der Waals surface area contributed by atoms with Crippen LogP contribution in [0.5, 0.6) is 5.75 Å². The minimum absolute atomic E-state index is 0.0505. The van der Waals surface area contributed by atoms with E-state index in [2.05, 4.69) is 5.32 Å². The van der Waals surface area contributed by atoms with Crippen LogP contribution in [-0.2, 0) is 0 Å². The molecule has 0 unspecified atom stereocenters. The third-order valence-electron chi connectivity index (χ3n) is 2.74. The van der Waals surface area contributed by atoms with Crippen molar-refractivity contribution < 1.29 is 18.3 Å². The monoisotopic (exact) mass is 325 g/mol. The molecule has 2 rings (SSSR count). The van der Waals surface area contributed by atoms with Crippen molar-refractivity contribution in [2.45, 2.75) is 20.0 Å². The van der Waals surface area contributed by atoms with Crippen molar-refractivity contribution in [3.63, 3.8) is 0 Å². The summed E-state index contributed by atoms with van der Waals surface area (Å²) in [6.45, 7) is 3.71. The third kappa shape index (κ3) is 3.74. The van der Waals surface area contributed by atoms with E-state index in [4.69, 9.17) is 16.3 Å². The lowest BCUT2D eigenvalue weighted by Crippen LogP contribution is -2.16. The van der Waals surface area contributed by atoms with Crippen LogP contribution in [0.4, 0.5) is 14.5 Å². The molecule has 1 amide bonds. The molecule has 0 aromatic heterocycles. The summed E-state index contributed by atoms with van der Waals surface area (Å²) in [5.41, 5.74) is -0.324. The molecule has 0 saturated carbocycles. The fraction of sp³-hybridized carbons (Fsp3) is 0.188. The van der Waals surface area contributed by atoms with Gasteiger partial charge in [-0.15, -0.1) is 0 Å². The summed E-state index contributed by atoms with van der Waals surface area (Å²) in [5, 5.41) is 2.69. The zero-order chi connectivity index (χ0) is 16.3. The maximum Gasteiger partial charge on any atom is 0.261 e. The predicted octanol–water partition coefficient (Wildman–Crippen LogP) is 4.66. The lowest BCUT2D eigenvalue weighted by Gasteiger charge is -2.13. The molecule has 116 valence electrons. The first-order valence-electron chi connectivity index (χ1n) is 6.60. The Bertz CT molecular complexity index is 684. The van der Waals surface area contributed by atoms with Gasteiger partial charge < -0.3 is 10.1 Å². The van der Waals surface area contributed by atoms with E-state index in [1.165, 1.54) is 12.1 Å². The van der Waals surface area contributed by atoms with E-state index in [0.29, 0.717) is 16.5 Å². The van der Waals surface area contributed by atoms with E-state index in [0.717, 1.165) is 12.1 Å². The Balaban J connectivity index is 2.20. The Labute approximate surface area is 131 Å². The average Bonchev–Trinajstić information content (AvgIpc) is 2.41. The van der Waals surface area contributed by atoms with Gasteiger partial charge in [-0.1, -0.05) is 17.7 Å². The highest BCUT2D eigenvalue weighted by Crippen LogP contribution is 2.29. The number of ether oxygens (including phenoxy) is 1. The largest absolute Gasteiger partial charge is 0.489 e. The molecule has 1 N–H and O–H groups in total. The minimum Gasteiger partial charge on any atom is -0.489 e. The van der Waals surface area contributed by atoms with Gasteiger partial charge in [0, 0.05) is 5.69 Å². The SMILES string of the molecule is CC(C)Oc1ccc(NC(=O)c2c(F)cccc2F)cc1Cl. The molecule has 2 aromatic carbocycles. The summed E-state index contributed by atoms with van der Waals surface area (Å²) in [5.74, 6) is -2.28. The molecular weight excluding hydrogens is 312 g/mol. The van der Waals surface area contributed by atoms with E-state index in [1.54, 1.807) is 12.1 Å². The van der Waals surface area contributed by atoms with Crippen molar-refractivity contribution in [2.24, 2.45) is 0 Å². The minimum atomic E-state index is -0.927. The lowest BCUT2D eigenvalue weighted by molar-refractivity contribution is 0.101. The Morgan fingerprint density at radius 1 is 1.18 bits per heavy atom. The molecule has 0 aliphatic rings. The Kier molecular flexibility index (Phi) is 4.98. The normalized spacial score (nSPS) is 10.6. The summed E-state index contributed by atoms with van der Waals surface area (Å²) >= 11 is 6.04. The number of anilines is 1. The van der Waals surface area contributed by atoms with Crippen LogP contribution in [0.2, 0.25) is 5.02 Å². The van der Waals surface area contributed by atoms with Crippen LogP contribution in [0.3, 0.4) is 0 Å². The molecule has 0 fully saturated rings. The fourth-order valence-corrected chi connectivity index (χ4v) is 2.06. The van der Waals surface area contributed by atoms with Gasteiger partial charge in [0.2, 0.25) is 0 Å². The molecular formula is C16H14ClF2NO2. The Morgan fingerprint density at radius 2 is 1.82 bits per heavy atom. The summed E-state index contributed by atoms with van der Waals surface area (Å²) < 4.78 is 32.6. The number of benzene rings is 2. The number of rotatable bonds is 4. The van der Waals surface area contributed by atoms with Crippen molar-refractivity contribution in [1.82, 2.24) is 0 Å². The molecule has 3 nitrogen and oxygen atoms in total. The smallest absolute Gasteiger partial charge is 0.261 e. The molecule has 2 aromatic rings. The maximum absolute atomic E-state index is 13.5. The van der Waals surface area contributed by atoms with Crippen LogP contribution in [0, 0.1) is 11.6 Å². The summed E-state index contributed by atoms with van der Waals surface area (Å²) in [7, 11) is 0. The van der Waals surface area contributed by atoms with Crippen LogP contribution in [0.25, 0.3) is 0 Å². The highest BCUT2D eigenvalue weighted by atomic mass is 35.5. The van der Waals surface area contributed by atoms with Gasteiger partial charge in [-0.25, -0.2) is 8.78 Å². The number of halogens is 3. The second-order valence-electron chi connectivity index (χ2n) is 4.86. The van der Waals surface area contributed by atoms with Crippen LogP contribution < -0.4 is 10.1 Å². The lowest BCUT2D eigenvalue weighted by atomic mass is 10.1. The van der Waals surface area contributed by atoms with Crippen LogP contribution >= 0.6 is 11.6 Å². The van der Waals surface area contributed by atoms with Gasteiger partial charge in [0.25, 0.3) is 5.91 Å². The number of hydrogen-bond acceptors (Lipinski definition) is 2. The topological polar surface area (TPSA) is 38.3 Å². The van der Waals surface area contributed by atoms with Gasteiger partial charge in [0.1, 0.15) is 22.9 Å². The van der Waals surface area contributed by atoms with Gasteiger partial charge >= 0.3 is 0 Å². The summed E-state index contributed by atoms with van der Waals surface area (Å²) in [4.78, 5) is 12.0. The van der Waals surface area contributed by atoms with E-state index < -0.39 is 23.1 Å². The highest BCUT2D eigenvalue weighted by Gasteiger charge is 2.17. The number of nitrogens with one attached hydrogen (secondary N) is 1. The van der Waals surface area contributed by atoms with E-state index >= 15 is 0 Å². The third-order valence-corrected chi connectivity index (χ3v) is 3.04. The summed E-state index contributed by atoms with van der Waals surface area (Å²) in [6.07, 6.45) is -0.0505. The Hall–Kier alpha value is -2.14. The molecule has 0 aliphatic heterocycles. The fourth-order valence-electron chi connectivity index (χ4n) is 1.84. The number of carbonyl (C=O) groups is 1. The first-order chi connectivity index (χ1) is 10.4. The second kappa shape index (κ2) is 6.75. The van der Waals surface area contributed by atoms with Gasteiger partial charge in [-0.3, -0.25) is 4.79 Å². The highest BCUT2D eigenvalue weighted by molar-refractivity contribution is 6.32. The molecule has 22 heavy (non-hydrogen) atoms. The van der Waals surface area contributed by atoms with Gasteiger partial charge in [0.15, 0.2) is 0 Å². The molecule has 0 saturated heterocycles. The molecule has 0 heterocycles. The van der Waals surface area contributed by atoms with E-state index in [1.807, 2.05) is 13.8 Å². The van der Waals surface area contributed by atoms with Gasteiger partial charge in [0.05, 0.1) is 11.1 Å². The number of carbonyl (C=O) groups excluding carboxylic acids is 1. The van der Waals surface area contributed by atoms with Crippen molar-refractivity contribution in [2.75, 3.05) is 5.32 Å². The molecule has 6 heteroatoms. The summed E-state index contributed by atoms with van der Waals surface area (Å²) in [6, 6.07) is 7.80. The number of amides is 1. The van der Waals surface area contributed by atoms with Crippen molar-refractivity contribution in [3.8, 4) is 5.75 Å². The van der Waals surface area contributed by atoms with Crippen LogP contribution in [-0.4, -0.2) is 12.0 Å². The van der Waals surface area contributed by atoms with Gasteiger partial charge in [-0.05, 0) is 44.2 Å². The van der Waals surface area contributed by atoms with E-state index in [-0.39, 0.29) is 6.10 Å². The first kappa shape index (κ1) is 16.2. The maximum atomic E-state index is 13.5. The molecule has 0 bridgehead atoms. The zero-order valence-corrected chi connectivity index (χ0v) is 12.7. The number of hydrogen-bond donors (Lipinski definition) is 1. The van der Waals surface area contributed by atoms with Crippen molar-refractivity contribution in [3.05, 3.63) is 58.6 Å². The Morgan fingerprint density at radius 3 is 2.36 bits per heavy atom. The molecule has 0 aliphatic carbocycles. The van der Waals surface area contributed by atoms with Crippen LogP contribution in [0.1, 0.15) is 24.2 Å². The second-order valence-corrected chi connectivity index (χ2v) is 5.27. The van der Waals surface area contributed by atoms with Gasteiger partial charge in [-0.2, -0.15) is 0 Å². The molecule has 0 spiro atoms. The molecule has 0 atom stereocenters. The average molecular weight is 326 g/mol.